The Hall–Kier alpha value is -2.32. The van der Waals surface area contributed by atoms with Gasteiger partial charge in [0.1, 0.15) is 17.3 Å². The molecule has 9 heteroatoms. The second-order valence-corrected chi connectivity index (χ2v) is 7.35. The molecular formula is C15H14ClNO6S. The molecule has 1 aromatic carbocycles. The van der Waals surface area contributed by atoms with Crippen molar-refractivity contribution >= 4 is 39.0 Å². The van der Waals surface area contributed by atoms with E-state index in [1.54, 1.807) is 24.3 Å². The van der Waals surface area contributed by atoms with Gasteiger partial charge in [0.2, 0.25) is 11.7 Å². The summed E-state index contributed by atoms with van der Waals surface area (Å²) in [4.78, 5) is 23.1. The second-order valence-electron chi connectivity index (χ2n) is 4.84. The number of carbonyl (C=O) groups is 2. The highest BCUT2D eigenvalue weighted by atomic mass is 35.5. The molecule has 0 radical (unpaired) electrons. The zero-order valence-corrected chi connectivity index (χ0v) is 14.2. The summed E-state index contributed by atoms with van der Waals surface area (Å²) in [5.41, 5.74) is 0.436. The summed E-state index contributed by atoms with van der Waals surface area (Å²) >= 11 is 5.73. The van der Waals surface area contributed by atoms with Crippen molar-refractivity contribution < 1.29 is 27.2 Å². The van der Waals surface area contributed by atoms with Crippen molar-refractivity contribution in [3.05, 3.63) is 52.9 Å². The number of ether oxygens (including phenoxy) is 1. The zero-order chi connectivity index (χ0) is 17.7. The van der Waals surface area contributed by atoms with Crippen LogP contribution in [0.3, 0.4) is 0 Å². The summed E-state index contributed by atoms with van der Waals surface area (Å²) in [7, 11) is -2.58. The second kappa shape index (κ2) is 7.50. The first-order chi connectivity index (χ1) is 11.3. The van der Waals surface area contributed by atoms with Gasteiger partial charge in [-0.3, -0.25) is 4.79 Å². The molecule has 2 rings (SSSR count). The zero-order valence-electron chi connectivity index (χ0n) is 12.6. The Labute approximate surface area is 143 Å². The molecule has 0 atom stereocenters. The predicted octanol–water partition coefficient (Wildman–Crippen LogP) is 2.27. The number of sulfone groups is 1. The lowest BCUT2D eigenvalue weighted by atomic mass is 10.3. The third-order valence-corrected chi connectivity index (χ3v) is 4.57. The van der Waals surface area contributed by atoms with E-state index in [1.807, 2.05) is 0 Å². The molecule has 0 saturated heterocycles. The molecule has 7 nitrogen and oxygen atoms in total. The standard InChI is InChI=1S/C15H14ClNO6S/c1-22-15(19)13-7-6-12(23-13)8-24(20,21)9-14(18)17-11-4-2-10(16)3-5-11/h2-7H,8-9H2,1H3,(H,17,18). The van der Waals surface area contributed by atoms with Crippen molar-refractivity contribution in [2.24, 2.45) is 0 Å². The van der Waals surface area contributed by atoms with Crippen LogP contribution in [0.1, 0.15) is 16.3 Å². The van der Waals surface area contributed by atoms with E-state index in [0.717, 1.165) is 0 Å². The molecule has 0 saturated carbocycles. The first kappa shape index (κ1) is 18.0. The topological polar surface area (TPSA) is 103 Å². The molecule has 1 aromatic heterocycles. The molecule has 128 valence electrons. The van der Waals surface area contributed by atoms with Gasteiger partial charge in [-0.05, 0) is 36.4 Å². The summed E-state index contributed by atoms with van der Waals surface area (Å²) in [5.74, 6) is -2.67. The number of esters is 1. The van der Waals surface area contributed by atoms with Crippen LogP contribution in [0.2, 0.25) is 5.02 Å². The number of nitrogens with one attached hydrogen (secondary N) is 1. The van der Waals surface area contributed by atoms with Crippen LogP contribution in [0.25, 0.3) is 0 Å². The molecule has 1 heterocycles. The highest BCUT2D eigenvalue weighted by Gasteiger charge is 2.21. The molecule has 0 aliphatic heterocycles. The molecule has 0 aliphatic carbocycles. The monoisotopic (exact) mass is 371 g/mol. The first-order valence-corrected chi connectivity index (χ1v) is 8.92. The van der Waals surface area contributed by atoms with E-state index in [-0.39, 0.29) is 11.5 Å². The highest BCUT2D eigenvalue weighted by molar-refractivity contribution is 7.91. The van der Waals surface area contributed by atoms with Gasteiger partial charge in [-0.15, -0.1) is 0 Å². The van der Waals surface area contributed by atoms with E-state index >= 15 is 0 Å². The number of amides is 1. The van der Waals surface area contributed by atoms with Crippen LogP contribution >= 0.6 is 11.6 Å². The SMILES string of the molecule is COC(=O)c1ccc(CS(=O)(=O)CC(=O)Nc2ccc(Cl)cc2)o1. The molecule has 0 bridgehead atoms. The average molecular weight is 372 g/mol. The van der Waals surface area contributed by atoms with E-state index in [1.165, 1.54) is 19.2 Å². The van der Waals surface area contributed by atoms with Gasteiger partial charge < -0.3 is 14.5 Å². The Balaban J connectivity index is 1.97. The number of hydrogen-bond donors (Lipinski definition) is 1. The van der Waals surface area contributed by atoms with Crippen molar-refractivity contribution in [3.8, 4) is 0 Å². The molecule has 0 spiro atoms. The predicted molar refractivity (Wildman–Crippen MR) is 87.6 cm³/mol. The third kappa shape index (κ3) is 5.10. The summed E-state index contributed by atoms with van der Waals surface area (Å²) in [6, 6.07) is 8.92. The number of rotatable bonds is 6. The maximum atomic E-state index is 12.0. The molecular weight excluding hydrogens is 358 g/mol. The molecule has 2 aromatic rings. The Kier molecular flexibility index (Phi) is 5.63. The van der Waals surface area contributed by atoms with E-state index in [2.05, 4.69) is 10.1 Å². The number of hydrogen-bond acceptors (Lipinski definition) is 6. The number of anilines is 1. The van der Waals surface area contributed by atoms with Crippen LogP contribution in [0.15, 0.2) is 40.8 Å². The van der Waals surface area contributed by atoms with Gasteiger partial charge in [-0.25, -0.2) is 13.2 Å². The molecule has 0 unspecified atom stereocenters. The highest BCUT2D eigenvalue weighted by Crippen LogP contribution is 2.15. The lowest BCUT2D eigenvalue weighted by Crippen LogP contribution is -2.23. The number of benzene rings is 1. The van der Waals surface area contributed by atoms with Crippen LogP contribution in [0.5, 0.6) is 0 Å². The van der Waals surface area contributed by atoms with Crippen molar-refractivity contribution in [1.82, 2.24) is 0 Å². The van der Waals surface area contributed by atoms with Crippen molar-refractivity contribution in [2.75, 3.05) is 18.2 Å². The van der Waals surface area contributed by atoms with Gasteiger partial charge in [0.25, 0.3) is 0 Å². The minimum absolute atomic E-state index is 0.0506. The fraction of sp³-hybridized carbons (Fsp3) is 0.200. The Bertz CT molecular complexity index is 841. The van der Waals surface area contributed by atoms with Crippen LogP contribution in [-0.2, 0) is 25.1 Å². The largest absolute Gasteiger partial charge is 0.463 e. The Morgan fingerprint density at radius 1 is 1.17 bits per heavy atom. The quantitative estimate of drug-likeness (QED) is 0.781. The van der Waals surface area contributed by atoms with Gasteiger partial charge in [0, 0.05) is 10.7 Å². The summed E-state index contributed by atoms with van der Waals surface area (Å²) in [6.07, 6.45) is 0. The van der Waals surface area contributed by atoms with Gasteiger partial charge in [-0.1, -0.05) is 11.6 Å². The molecule has 0 aliphatic rings. The van der Waals surface area contributed by atoms with Gasteiger partial charge in [0.15, 0.2) is 9.84 Å². The van der Waals surface area contributed by atoms with E-state index in [0.29, 0.717) is 10.7 Å². The first-order valence-electron chi connectivity index (χ1n) is 6.72. The minimum Gasteiger partial charge on any atom is -0.463 e. The number of methoxy groups -OCH3 is 1. The number of carbonyl (C=O) groups excluding carboxylic acids is 2. The maximum absolute atomic E-state index is 12.0. The summed E-state index contributed by atoms with van der Waals surface area (Å²) in [5, 5.41) is 2.96. The van der Waals surface area contributed by atoms with Crippen molar-refractivity contribution in [3.63, 3.8) is 0 Å². The number of halogens is 1. The van der Waals surface area contributed by atoms with Gasteiger partial charge in [-0.2, -0.15) is 0 Å². The van der Waals surface area contributed by atoms with Crippen LogP contribution in [0.4, 0.5) is 5.69 Å². The van der Waals surface area contributed by atoms with Gasteiger partial charge >= 0.3 is 5.97 Å². The summed E-state index contributed by atoms with van der Waals surface area (Å²) in [6.45, 7) is 0. The van der Waals surface area contributed by atoms with Crippen LogP contribution in [-0.4, -0.2) is 33.2 Å². The van der Waals surface area contributed by atoms with Gasteiger partial charge in [0.05, 0.1) is 7.11 Å². The lowest BCUT2D eigenvalue weighted by Gasteiger charge is -2.05. The minimum atomic E-state index is -3.77. The Morgan fingerprint density at radius 2 is 1.83 bits per heavy atom. The molecule has 1 amide bonds. The van der Waals surface area contributed by atoms with Crippen molar-refractivity contribution in [2.45, 2.75) is 5.75 Å². The fourth-order valence-corrected chi connectivity index (χ4v) is 3.15. The fourth-order valence-electron chi connectivity index (χ4n) is 1.86. The van der Waals surface area contributed by atoms with Crippen molar-refractivity contribution in [1.29, 1.82) is 0 Å². The lowest BCUT2D eigenvalue weighted by molar-refractivity contribution is -0.113. The van der Waals surface area contributed by atoms with Crippen LogP contribution < -0.4 is 5.32 Å². The smallest absolute Gasteiger partial charge is 0.373 e. The average Bonchev–Trinajstić information content (AvgIpc) is 2.95. The normalized spacial score (nSPS) is 11.1. The van der Waals surface area contributed by atoms with Crippen LogP contribution in [0, 0.1) is 0 Å². The summed E-state index contributed by atoms with van der Waals surface area (Å²) < 4.78 is 33.6. The van der Waals surface area contributed by atoms with E-state index in [9.17, 15) is 18.0 Å². The molecule has 1 N–H and O–H groups in total. The number of furan rings is 1. The Morgan fingerprint density at radius 3 is 2.46 bits per heavy atom. The van der Waals surface area contributed by atoms with E-state index < -0.39 is 33.2 Å². The molecule has 0 fully saturated rings. The molecule has 24 heavy (non-hydrogen) atoms. The third-order valence-electron chi connectivity index (χ3n) is 2.89. The van der Waals surface area contributed by atoms with E-state index in [4.69, 9.17) is 16.0 Å². The maximum Gasteiger partial charge on any atom is 0.373 e.